The van der Waals surface area contributed by atoms with E-state index in [1.165, 1.54) is 0 Å². The maximum absolute atomic E-state index is 12.7. The van der Waals surface area contributed by atoms with Crippen LogP contribution in [-0.4, -0.2) is 64.3 Å². The van der Waals surface area contributed by atoms with Gasteiger partial charge in [0.05, 0.1) is 25.0 Å². The fraction of sp³-hybridized carbons (Fsp3) is 0.474. The zero-order chi connectivity index (χ0) is 19.9. The standard InChI is InChI=1S/C19H27N7O2/c1-4-20-19(22-11-15-6-7-21-17(10-15)28-5-2)25-8-9-26(18(27)14-25)16-12-23-24(3)13-16/h6-7,10,12-13H,4-5,8-9,11,14H2,1-3H3,(H,20,22). The molecule has 28 heavy (non-hydrogen) atoms. The number of pyridine rings is 1. The average molecular weight is 385 g/mol. The van der Waals surface area contributed by atoms with E-state index in [-0.39, 0.29) is 12.5 Å². The van der Waals surface area contributed by atoms with Crippen LogP contribution < -0.4 is 15.0 Å². The molecular formula is C19H27N7O2. The number of piperazine rings is 1. The maximum atomic E-state index is 12.7. The molecule has 1 amide bonds. The van der Waals surface area contributed by atoms with Crippen molar-refractivity contribution in [2.24, 2.45) is 12.0 Å². The van der Waals surface area contributed by atoms with Crippen LogP contribution in [0.2, 0.25) is 0 Å². The molecule has 0 aromatic carbocycles. The molecule has 2 aromatic rings. The van der Waals surface area contributed by atoms with Crippen LogP contribution in [0.1, 0.15) is 19.4 Å². The van der Waals surface area contributed by atoms with Crippen LogP contribution in [0.4, 0.5) is 5.69 Å². The molecule has 1 aliphatic heterocycles. The van der Waals surface area contributed by atoms with E-state index in [1.807, 2.05) is 44.1 Å². The van der Waals surface area contributed by atoms with Crippen molar-refractivity contribution in [1.29, 1.82) is 0 Å². The van der Waals surface area contributed by atoms with E-state index < -0.39 is 0 Å². The summed E-state index contributed by atoms with van der Waals surface area (Å²) >= 11 is 0. The number of hydrogen-bond acceptors (Lipinski definition) is 5. The Hall–Kier alpha value is -3.10. The zero-order valence-electron chi connectivity index (χ0n) is 16.6. The molecule has 9 nitrogen and oxygen atoms in total. The number of aromatic nitrogens is 3. The Morgan fingerprint density at radius 3 is 2.89 bits per heavy atom. The molecule has 9 heteroatoms. The van der Waals surface area contributed by atoms with E-state index in [4.69, 9.17) is 9.73 Å². The lowest BCUT2D eigenvalue weighted by molar-refractivity contribution is -0.120. The van der Waals surface area contributed by atoms with Crippen molar-refractivity contribution < 1.29 is 9.53 Å². The van der Waals surface area contributed by atoms with Crippen LogP contribution in [0.25, 0.3) is 0 Å². The Bertz CT molecular complexity index is 833. The lowest BCUT2D eigenvalue weighted by Gasteiger charge is -2.35. The van der Waals surface area contributed by atoms with Gasteiger partial charge in [-0.1, -0.05) is 0 Å². The second-order valence-electron chi connectivity index (χ2n) is 6.44. The summed E-state index contributed by atoms with van der Waals surface area (Å²) in [5, 5.41) is 7.43. The Morgan fingerprint density at radius 1 is 1.36 bits per heavy atom. The van der Waals surface area contributed by atoms with E-state index in [0.29, 0.717) is 32.1 Å². The van der Waals surface area contributed by atoms with Gasteiger partial charge in [-0.05, 0) is 25.5 Å². The van der Waals surface area contributed by atoms with Gasteiger partial charge in [0, 0.05) is 45.1 Å². The molecule has 150 valence electrons. The van der Waals surface area contributed by atoms with Crippen molar-refractivity contribution in [2.45, 2.75) is 20.4 Å². The van der Waals surface area contributed by atoms with Gasteiger partial charge in [-0.2, -0.15) is 5.10 Å². The molecule has 3 heterocycles. The first-order chi connectivity index (χ1) is 13.6. The first kappa shape index (κ1) is 19.7. The SMILES string of the molecule is CCNC(=NCc1ccnc(OCC)c1)N1CCN(c2cnn(C)c2)C(=O)C1. The summed E-state index contributed by atoms with van der Waals surface area (Å²) in [4.78, 5) is 25.3. The predicted octanol–water partition coefficient (Wildman–Crippen LogP) is 1.03. The summed E-state index contributed by atoms with van der Waals surface area (Å²) in [6.07, 6.45) is 5.29. The van der Waals surface area contributed by atoms with Gasteiger partial charge >= 0.3 is 0 Å². The number of nitrogens with zero attached hydrogens (tertiary/aromatic N) is 6. The second kappa shape index (κ2) is 9.20. The number of nitrogens with one attached hydrogen (secondary N) is 1. The number of carbonyl (C=O) groups is 1. The van der Waals surface area contributed by atoms with Gasteiger partial charge in [0.25, 0.3) is 0 Å². The van der Waals surface area contributed by atoms with Gasteiger partial charge < -0.3 is 19.9 Å². The molecule has 0 atom stereocenters. The molecule has 1 aliphatic rings. The summed E-state index contributed by atoms with van der Waals surface area (Å²) in [6, 6.07) is 3.81. The first-order valence-corrected chi connectivity index (χ1v) is 9.50. The summed E-state index contributed by atoms with van der Waals surface area (Å²) in [6.45, 7) is 7.32. The third-order valence-corrected chi connectivity index (χ3v) is 4.36. The quantitative estimate of drug-likeness (QED) is 0.590. The molecule has 0 aliphatic carbocycles. The Balaban J connectivity index is 1.67. The number of carbonyl (C=O) groups excluding carboxylic acids is 1. The number of hydrogen-bond donors (Lipinski definition) is 1. The minimum Gasteiger partial charge on any atom is -0.478 e. The van der Waals surface area contributed by atoms with Gasteiger partial charge in [-0.25, -0.2) is 9.98 Å². The highest BCUT2D eigenvalue weighted by atomic mass is 16.5. The van der Waals surface area contributed by atoms with Crippen molar-refractivity contribution in [3.63, 3.8) is 0 Å². The molecule has 3 rings (SSSR count). The Kier molecular flexibility index (Phi) is 6.46. The largest absolute Gasteiger partial charge is 0.478 e. The fourth-order valence-electron chi connectivity index (χ4n) is 3.04. The molecule has 0 saturated carbocycles. The normalized spacial score (nSPS) is 15.1. The van der Waals surface area contributed by atoms with E-state index in [0.717, 1.165) is 23.8 Å². The van der Waals surface area contributed by atoms with Gasteiger partial charge in [0.1, 0.15) is 6.54 Å². The topological polar surface area (TPSA) is 87.9 Å². The number of guanidine groups is 1. The van der Waals surface area contributed by atoms with E-state index in [9.17, 15) is 4.79 Å². The molecular weight excluding hydrogens is 358 g/mol. The monoisotopic (exact) mass is 385 g/mol. The predicted molar refractivity (Wildman–Crippen MR) is 107 cm³/mol. The molecule has 1 N–H and O–H groups in total. The smallest absolute Gasteiger partial charge is 0.246 e. The van der Waals surface area contributed by atoms with Gasteiger partial charge in [-0.3, -0.25) is 9.48 Å². The fourth-order valence-corrected chi connectivity index (χ4v) is 3.04. The second-order valence-corrected chi connectivity index (χ2v) is 6.44. The third kappa shape index (κ3) is 4.79. The Morgan fingerprint density at radius 2 is 2.21 bits per heavy atom. The number of aliphatic imine (C=N–C) groups is 1. The highest BCUT2D eigenvalue weighted by molar-refractivity contribution is 5.98. The third-order valence-electron chi connectivity index (χ3n) is 4.36. The minimum absolute atomic E-state index is 0.0346. The summed E-state index contributed by atoms with van der Waals surface area (Å²) in [7, 11) is 1.84. The van der Waals surface area contributed by atoms with Gasteiger partial charge in [0.15, 0.2) is 5.96 Å². The highest BCUT2D eigenvalue weighted by Crippen LogP contribution is 2.16. The van der Waals surface area contributed by atoms with Crippen LogP contribution in [0.3, 0.4) is 0 Å². The maximum Gasteiger partial charge on any atom is 0.246 e. The number of amides is 1. The first-order valence-electron chi connectivity index (χ1n) is 9.50. The zero-order valence-corrected chi connectivity index (χ0v) is 16.6. The highest BCUT2D eigenvalue weighted by Gasteiger charge is 2.27. The molecule has 0 spiro atoms. The van der Waals surface area contributed by atoms with Crippen molar-refractivity contribution in [2.75, 3.05) is 37.7 Å². The summed E-state index contributed by atoms with van der Waals surface area (Å²) < 4.78 is 7.14. The lowest BCUT2D eigenvalue weighted by atomic mass is 10.2. The van der Waals surface area contributed by atoms with Crippen LogP contribution in [0, 0.1) is 0 Å². The van der Waals surface area contributed by atoms with E-state index >= 15 is 0 Å². The molecule has 0 bridgehead atoms. The number of anilines is 1. The molecule has 0 unspecified atom stereocenters. The minimum atomic E-state index is 0.0346. The van der Waals surface area contributed by atoms with Crippen molar-refractivity contribution in [1.82, 2.24) is 25.0 Å². The van der Waals surface area contributed by atoms with Crippen LogP contribution in [0.15, 0.2) is 35.7 Å². The van der Waals surface area contributed by atoms with Crippen LogP contribution in [-0.2, 0) is 18.4 Å². The summed E-state index contributed by atoms with van der Waals surface area (Å²) in [5.41, 5.74) is 1.84. The number of ether oxygens (including phenoxy) is 1. The van der Waals surface area contributed by atoms with Crippen molar-refractivity contribution >= 4 is 17.6 Å². The molecule has 1 saturated heterocycles. The molecule has 2 aromatic heterocycles. The average Bonchev–Trinajstić information content (AvgIpc) is 3.11. The van der Waals surface area contributed by atoms with E-state index in [2.05, 4.69) is 15.4 Å². The number of aryl methyl sites for hydroxylation is 1. The molecule has 1 fully saturated rings. The summed E-state index contributed by atoms with van der Waals surface area (Å²) in [5.74, 6) is 1.37. The van der Waals surface area contributed by atoms with Gasteiger partial charge in [0.2, 0.25) is 11.8 Å². The van der Waals surface area contributed by atoms with Crippen LogP contribution >= 0.6 is 0 Å². The molecule has 0 radical (unpaired) electrons. The van der Waals surface area contributed by atoms with Crippen molar-refractivity contribution in [3.05, 3.63) is 36.3 Å². The van der Waals surface area contributed by atoms with Crippen LogP contribution in [0.5, 0.6) is 5.88 Å². The van der Waals surface area contributed by atoms with E-state index in [1.54, 1.807) is 22.0 Å². The number of rotatable bonds is 6. The lowest BCUT2D eigenvalue weighted by Crippen LogP contribution is -2.55. The van der Waals surface area contributed by atoms with Gasteiger partial charge in [-0.15, -0.1) is 0 Å². The Labute approximate surface area is 165 Å². The van der Waals surface area contributed by atoms with Crippen molar-refractivity contribution in [3.8, 4) is 5.88 Å².